The summed E-state index contributed by atoms with van der Waals surface area (Å²) in [4.78, 5) is 22.5. The number of amides is 1. The van der Waals surface area contributed by atoms with Crippen LogP contribution in [0.2, 0.25) is 0 Å². The Labute approximate surface area is 268 Å². The van der Waals surface area contributed by atoms with Gasteiger partial charge in [0.2, 0.25) is 5.90 Å². The van der Waals surface area contributed by atoms with Crippen LogP contribution in [0.25, 0.3) is 10.4 Å². The normalized spacial score (nSPS) is 17.1. The van der Waals surface area contributed by atoms with Crippen molar-refractivity contribution in [1.82, 2.24) is 5.32 Å². The summed E-state index contributed by atoms with van der Waals surface area (Å²) in [6, 6.07) is 27.9. The fourth-order valence-corrected chi connectivity index (χ4v) is 5.66. The zero-order valence-electron chi connectivity index (χ0n) is 24.3. The Hall–Kier alpha value is -4.70. The van der Waals surface area contributed by atoms with E-state index in [2.05, 4.69) is 31.3 Å². The monoisotopic (exact) mass is 671 g/mol. The standard InChI is InChI=1S/C34H31BrFN5O4/c35-29-8-3-2-7-28(29)31-34(22-25-6-1-4-9-30(25)40-41-37,33(43)38-19-18-23-10-14-26(36)15-11-23)39-32(45-31)24-12-16-27(17-13-24)44-21-5-20-42/h1-4,6-17,31,42H,5,18-22H2,(H,38,43)/t31-,34-/m1/s1. The molecule has 0 saturated heterocycles. The van der Waals surface area contributed by atoms with E-state index in [1.165, 1.54) is 12.1 Å². The number of carbonyl (C=O) groups is 1. The zero-order valence-corrected chi connectivity index (χ0v) is 25.9. The summed E-state index contributed by atoms with van der Waals surface area (Å²) >= 11 is 3.64. The second kappa shape index (κ2) is 14.9. The second-order valence-corrected chi connectivity index (χ2v) is 11.3. The van der Waals surface area contributed by atoms with Gasteiger partial charge in [-0.1, -0.05) is 75.6 Å². The summed E-state index contributed by atoms with van der Waals surface area (Å²) in [7, 11) is 0. The van der Waals surface area contributed by atoms with Crippen molar-refractivity contribution in [3.63, 3.8) is 0 Å². The van der Waals surface area contributed by atoms with Gasteiger partial charge in [0.15, 0.2) is 11.6 Å². The van der Waals surface area contributed by atoms with Crippen LogP contribution in [0.15, 0.2) is 112 Å². The number of azide groups is 1. The minimum absolute atomic E-state index is 0.0377. The van der Waals surface area contributed by atoms with Crippen LogP contribution in [0.5, 0.6) is 5.75 Å². The SMILES string of the molecule is [N-]=[N+]=Nc1ccccc1C[C@@]1(C(=O)NCCc2ccc(F)cc2)N=C(c2ccc(OCCCO)cc2)O[C@@H]1c1ccccc1Br. The third-order valence-electron chi connectivity index (χ3n) is 7.43. The molecule has 0 aromatic heterocycles. The topological polar surface area (TPSA) is 129 Å². The van der Waals surface area contributed by atoms with Crippen molar-refractivity contribution in [3.05, 3.63) is 140 Å². The molecule has 4 aromatic rings. The molecule has 4 aromatic carbocycles. The summed E-state index contributed by atoms with van der Waals surface area (Å²) in [5.74, 6) is 0.195. The average molecular weight is 673 g/mol. The number of nitrogens with zero attached hydrogens (tertiary/aromatic N) is 4. The van der Waals surface area contributed by atoms with Gasteiger partial charge < -0.3 is 19.9 Å². The molecule has 9 nitrogen and oxygen atoms in total. The van der Waals surface area contributed by atoms with Crippen LogP contribution >= 0.6 is 15.9 Å². The van der Waals surface area contributed by atoms with Crippen molar-refractivity contribution in [2.24, 2.45) is 10.1 Å². The summed E-state index contributed by atoms with van der Waals surface area (Å²) in [6.07, 6.45) is 0.212. The number of aliphatic hydroxyl groups is 1. The lowest BCUT2D eigenvalue weighted by molar-refractivity contribution is -0.128. The fraction of sp³-hybridized carbons (Fsp3) is 0.235. The molecule has 0 aliphatic carbocycles. The summed E-state index contributed by atoms with van der Waals surface area (Å²) in [5, 5.41) is 16.0. The molecule has 1 aliphatic rings. The first-order valence-corrected chi connectivity index (χ1v) is 15.2. The van der Waals surface area contributed by atoms with Gasteiger partial charge in [0.25, 0.3) is 5.91 Å². The summed E-state index contributed by atoms with van der Waals surface area (Å²) in [5.41, 5.74) is 11.0. The lowest BCUT2D eigenvalue weighted by atomic mass is 9.81. The van der Waals surface area contributed by atoms with Crippen molar-refractivity contribution in [3.8, 4) is 5.75 Å². The number of halogens is 2. The molecule has 1 aliphatic heterocycles. The van der Waals surface area contributed by atoms with E-state index in [9.17, 15) is 14.7 Å². The molecule has 2 N–H and O–H groups in total. The highest BCUT2D eigenvalue weighted by Crippen LogP contribution is 2.45. The molecule has 0 fully saturated rings. The van der Waals surface area contributed by atoms with Crippen LogP contribution in [0.1, 0.15) is 34.8 Å². The summed E-state index contributed by atoms with van der Waals surface area (Å²) in [6.45, 7) is 0.691. The van der Waals surface area contributed by atoms with E-state index in [0.29, 0.717) is 42.0 Å². The highest BCUT2D eigenvalue weighted by molar-refractivity contribution is 9.10. The number of aliphatic imine (C=N–C) groups is 1. The van der Waals surface area contributed by atoms with Crippen molar-refractivity contribution in [1.29, 1.82) is 0 Å². The van der Waals surface area contributed by atoms with Gasteiger partial charge in [-0.25, -0.2) is 9.38 Å². The molecule has 0 unspecified atom stereocenters. The van der Waals surface area contributed by atoms with Gasteiger partial charge >= 0.3 is 0 Å². The molecule has 1 amide bonds. The van der Waals surface area contributed by atoms with Crippen molar-refractivity contribution >= 4 is 33.4 Å². The Balaban J connectivity index is 1.56. The average Bonchev–Trinajstić information content (AvgIpc) is 3.44. The number of hydrogen-bond donors (Lipinski definition) is 2. The van der Waals surface area contributed by atoms with Crippen LogP contribution in [-0.2, 0) is 22.4 Å². The maximum absolute atomic E-state index is 14.4. The predicted octanol–water partition coefficient (Wildman–Crippen LogP) is 7.15. The van der Waals surface area contributed by atoms with E-state index < -0.39 is 11.6 Å². The Morgan fingerprint density at radius 1 is 1.07 bits per heavy atom. The van der Waals surface area contributed by atoms with Gasteiger partial charge in [0.05, 0.1) is 6.61 Å². The molecule has 0 saturated carbocycles. The maximum Gasteiger partial charge on any atom is 0.252 e. The fourth-order valence-electron chi connectivity index (χ4n) is 5.17. The highest BCUT2D eigenvalue weighted by atomic mass is 79.9. The smallest absolute Gasteiger partial charge is 0.252 e. The number of rotatable bonds is 13. The molecule has 5 rings (SSSR count). The number of benzene rings is 4. The van der Waals surface area contributed by atoms with Crippen LogP contribution < -0.4 is 10.1 Å². The Morgan fingerprint density at radius 2 is 1.80 bits per heavy atom. The predicted molar refractivity (Wildman–Crippen MR) is 173 cm³/mol. The Morgan fingerprint density at radius 3 is 2.53 bits per heavy atom. The number of aliphatic hydroxyl groups excluding tert-OH is 1. The van der Waals surface area contributed by atoms with E-state index in [1.54, 1.807) is 54.6 Å². The second-order valence-electron chi connectivity index (χ2n) is 10.4. The van der Waals surface area contributed by atoms with E-state index in [1.807, 2.05) is 30.3 Å². The molecule has 1 heterocycles. The van der Waals surface area contributed by atoms with Crippen LogP contribution in [0.4, 0.5) is 10.1 Å². The van der Waals surface area contributed by atoms with E-state index in [0.717, 1.165) is 15.6 Å². The van der Waals surface area contributed by atoms with Crippen molar-refractivity contribution in [2.75, 3.05) is 19.8 Å². The van der Waals surface area contributed by atoms with Crippen molar-refractivity contribution in [2.45, 2.75) is 30.9 Å². The number of hydrogen-bond acceptors (Lipinski definition) is 6. The first-order chi connectivity index (χ1) is 21.9. The Bertz CT molecular complexity index is 1710. The largest absolute Gasteiger partial charge is 0.494 e. The van der Waals surface area contributed by atoms with Crippen molar-refractivity contribution < 1.29 is 23.8 Å². The maximum atomic E-state index is 14.4. The van der Waals surface area contributed by atoms with Gasteiger partial charge in [-0.05, 0) is 65.5 Å². The third kappa shape index (κ3) is 7.51. The van der Waals surface area contributed by atoms with Crippen LogP contribution in [0, 0.1) is 5.82 Å². The van der Waals surface area contributed by atoms with E-state index in [4.69, 9.17) is 19.6 Å². The number of nitrogens with one attached hydrogen (secondary N) is 1. The quantitative estimate of drug-likeness (QED) is 0.0677. The molecule has 11 heteroatoms. The molecular formula is C34H31BrFN5O4. The van der Waals surface area contributed by atoms with Gasteiger partial charge in [-0.15, -0.1) is 0 Å². The number of carbonyl (C=O) groups excluding carboxylic acids is 1. The van der Waals surface area contributed by atoms with Crippen LogP contribution in [-0.4, -0.2) is 42.2 Å². The van der Waals surface area contributed by atoms with Gasteiger partial charge in [-0.3, -0.25) is 4.79 Å². The third-order valence-corrected chi connectivity index (χ3v) is 8.16. The lowest BCUT2D eigenvalue weighted by Crippen LogP contribution is -2.50. The molecule has 0 spiro atoms. The minimum Gasteiger partial charge on any atom is -0.494 e. The molecule has 45 heavy (non-hydrogen) atoms. The first kappa shape index (κ1) is 31.7. The minimum atomic E-state index is -1.50. The van der Waals surface area contributed by atoms with E-state index in [-0.39, 0.29) is 37.2 Å². The number of ether oxygens (including phenoxy) is 2. The molecule has 2 atom stereocenters. The summed E-state index contributed by atoms with van der Waals surface area (Å²) < 4.78 is 26.4. The van der Waals surface area contributed by atoms with Gasteiger partial charge in [-0.2, -0.15) is 0 Å². The van der Waals surface area contributed by atoms with Crippen LogP contribution in [0.3, 0.4) is 0 Å². The van der Waals surface area contributed by atoms with Gasteiger partial charge in [0.1, 0.15) is 11.6 Å². The Kier molecular flexibility index (Phi) is 10.5. The molecular weight excluding hydrogens is 641 g/mol. The van der Waals surface area contributed by atoms with Gasteiger partial charge in [0, 0.05) is 52.2 Å². The molecule has 230 valence electrons. The highest BCUT2D eigenvalue weighted by Gasteiger charge is 2.54. The molecule has 0 bridgehead atoms. The lowest BCUT2D eigenvalue weighted by Gasteiger charge is -2.31. The first-order valence-electron chi connectivity index (χ1n) is 14.4. The zero-order chi connectivity index (χ0) is 31.6. The van der Waals surface area contributed by atoms with E-state index >= 15 is 0 Å². The molecule has 0 radical (unpaired) electrons.